The first-order valence-electron chi connectivity index (χ1n) is 4.83. The van der Waals surface area contributed by atoms with Crippen molar-refractivity contribution in [3.63, 3.8) is 0 Å². The van der Waals surface area contributed by atoms with Crippen molar-refractivity contribution in [2.75, 3.05) is 0 Å². The predicted octanol–water partition coefficient (Wildman–Crippen LogP) is 4.32. The van der Waals surface area contributed by atoms with E-state index < -0.39 is 0 Å². The Morgan fingerprint density at radius 1 is 1.38 bits per heavy atom. The van der Waals surface area contributed by atoms with Crippen LogP contribution in [0.1, 0.15) is 13.8 Å². The van der Waals surface area contributed by atoms with E-state index in [1.807, 2.05) is 25.1 Å². The zero-order valence-corrected chi connectivity index (χ0v) is 10.9. The van der Waals surface area contributed by atoms with Crippen LogP contribution >= 0.6 is 21.6 Å². The summed E-state index contributed by atoms with van der Waals surface area (Å²) in [6, 6.07) is 5.88. The van der Waals surface area contributed by atoms with Crippen molar-refractivity contribution in [3.05, 3.63) is 47.0 Å². The van der Waals surface area contributed by atoms with E-state index in [4.69, 9.17) is 5.41 Å². The van der Waals surface area contributed by atoms with Crippen LogP contribution in [0.15, 0.2) is 52.1 Å². The highest BCUT2D eigenvalue weighted by Crippen LogP contribution is 2.35. The van der Waals surface area contributed by atoms with Gasteiger partial charge < -0.3 is 5.41 Å². The first kappa shape index (κ1) is 13.1. The van der Waals surface area contributed by atoms with Gasteiger partial charge in [-0.3, -0.25) is 0 Å². The molecule has 1 heterocycles. The molecule has 0 aliphatic rings. The normalized spacial score (nSPS) is 12.6. The lowest BCUT2D eigenvalue weighted by molar-refractivity contribution is 1.14. The van der Waals surface area contributed by atoms with Gasteiger partial charge >= 0.3 is 0 Å². The van der Waals surface area contributed by atoms with Crippen LogP contribution < -0.4 is 0 Å². The standard InChI is InChI=1S/C12H14N2S2/c1-10(6-7-13)9-11(2)15-16-12-5-3-4-8-14-12/h3-9,13H,1-2H3/b10-6-,11-9+,13-7?. The number of hydrogen-bond acceptors (Lipinski definition) is 4. The van der Waals surface area contributed by atoms with Gasteiger partial charge in [0.25, 0.3) is 0 Å². The Labute approximate surface area is 104 Å². The maximum atomic E-state index is 6.96. The summed E-state index contributed by atoms with van der Waals surface area (Å²) < 4.78 is 0. The van der Waals surface area contributed by atoms with E-state index in [0.717, 1.165) is 10.6 Å². The van der Waals surface area contributed by atoms with Crippen molar-refractivity contribution in [2.45, 2.75) is 18.9 Å². The van der Waals surface area contributed by atoms with E-state index in [1.54, 1.807) is 33.9 Å². The van der Waals surface area contributed by atoms with Gasteiger partial charge in [0.2, 0.25) is 0 Å². The van der Waals surface area contributed by atoms with Crippen LogP contribution in [-0.2, 0) is 0 Å². The van der Waals surface area contributed by atoms with E-state index in [0.29, 0.717) is 0 Å². The van der Waals surface area contributed by atoms with Gasteiger partial charge in [0.15, 0.2) is 0 Å². The van der Waals surface area contributed by atoms with Crippen LogP contribution in [0.5, 0.6) is 0 Å². The molecule has 0 saturated heterocycles. The second-order valence-electron chi connectivity index (χ2n) is 3.17. The van der Waals surface area contributed by atoms with Gasteiger partial charge in [-0.2, -0.15) is 0 Å². The second kappa shape index (κ2) is 7.30. The minimum Gasteiger partial charge on any atom is -0.309 e. The summed E-state index contributed by atoms with van der Waals surface area (Å²) in [5, 5.41) is 7.97. The van der Waals surface area contributed by atoms with Crippen molar-refractivity contribution in [2.24, 2.45) is 0 Å². The molecule has 1 aromatic heterocycles. The molecule has 0 aliphatic carbocycles. The van der Waals surface area contributed by atoms with Crippen molar-refractivity contribution in [3.8, 4) is 0 Å². The Hall–Kier alpha value is -1.00. The molecule has 2 nitrogen and oxygen atoms in total. The average Bonchev–Trinajstić information content (AvgIpc) is 2.28. The summed E-state index contributed by atoms with van der Waals surface area (Å²) in [4.78, 5) is 5.43. The second-order valence-corrected chi connectivity index (χ2v) is 5.56. The fraction of sp³-hybridized carbons (Fsp3) is 0.167. The molecule has 0 radical (unpaired) electrons. The summed E-state index contributed by atoms with van der Waals surface area (Å²) in [5.74, 6) is 0. The van der Waals surface area contributed by atoms with Crippen LogP contribution in [0.25, 0.3) is 0 Å². The first-order chi connectivity index (χ1) is 7.72. The highest BCUT2D eigenvalue weighted by Gasteiger charge is 1.96. The third-order valence-corrected chi connectivity index (χ3v) is 4.10. The van der Waals surface area contributed by atoms with Crippen molar-refractivity contribution >= 4 is 27.8 Å². The molecule has 0 atom stereocenters. The number of hydrogen-bond donors (Lipinski definition) is 1. The molecule has 0 aromatic carbocycles. The van der Waals surface area contributed by atoms with E-state index >= 15 is 0 Å². The number of nitrogens with zero attached hydrogens (tertiary/aromatic N) is 1. The molecule has 0 aliphatic heterocycles. The molecule has 1 rings (SSSR count). The molecular formula is C12H14N2S2. The summed E-state index contributed by atoms with van der Waals surface area (Å²) >= 11 is 0. The Morgan fingerprint density at radius 2 is 2.19 bits per heavy atom. The molecule has 0 unspecified atom stereocenters. The minimum absolute atomic E-state index is 1.01. The van der Waals surface area contributed by atoms with Gasteiger partial charge in [-0.15, -0.1) is 0 Å². The number of nitrogens with one attached hydrogen (secondary N) is 1. The van der Waals surface area contributed by atoms with Gasteiger partial charge in [-0.05, 0) is 59.4 Å². The van der Waals surface area contributed by atoms with Gasteiger partial charge in [-0.25, -0.2) is 4.98 Å². The van der Waals surface area contributed by atoms with Crippen molar-refractivity contribution < 1.29 is 0 Å². The minimum atomic E-state index is 1.01. The smallest absolute Gasteiger partial charge is 0.107 e. The van der Waals surface area contributed by atoms with E-state index in [2.05, 4.69) is 18.0 Å². The number of pyridine rings is 1. The molecule has 0 bridgehead atoms. The van der Waals surface area contributed by atoms with Crippen LogP contribution in [0.3, 0.4) is 0 Å². The maximum absolute atomic E-state index is 6.96. The molecule has 84 valence electrons. The third kappa shape index (κ3) is 5.19. The lowest BCUT2D eigenvalue weighted by atomic mass is 10.3. The lowest BCUT2D eigenvalue weighted by Gasteiger charge is -2.00. The quantitative estimate of drug-likeness (QED) is 0.480. The average molecular weight is 250 g/mol. The Morgan fingerprint density at radius 3 is 2.81 bits per heavy atom. The lowest BCUT2D eigenvalue weighted by Crippen LogP contribution is -1.75. The zero-order chi connectivity index (χ0) is 11.8. The topological polar surface area (TPSA) is 36.7 Å². The van der Waals surface area contributed by atoms with Gasteiger partial charge in [-0.1, -0.05) is 16.9 Å². The van der Waals surface area contributed by atoms with Crippen LogP contribution in [0.4, 0.5) is 0 Å². The maximum Gasteiger partial charge on any atom is 0.107 e. The van der Waals surface area contributed by atoms with Gasteiger partial charge in [0, 0.05) is 12.4 Å². The third-order valence-electron chi connectivity index (χ3n) is 1.67. The monoisotopic (exact) mass is 250 g/mol. The summed E-state index contributed by atoms with van der Waals surface area (Å²) in [5.41, 5.74) is 1.08. The largest absolute Gasteiger partial charge is 0.309 e. The predicted molar refractivity (Wildman–Crippen MR) is 74.0 cm³/mol. The van der Waals surface area contributed by atoms with E-state index in [1.165, 1.54) is 11.1 Å². The number of allylic oxidation sites excluding steroid dienone is 4. The molecule has 1 aromatic rings. The van der Waals surface area contributed by atoms with Gasteiger partial charge in [0.1, 0.15) is 5.03 Å². The molecule has 0 saturated carbocycles. The molecule has 0 amide bonds. The molecular weight excluding hydrogens is 236 g/mol. The summed E-state index contributed by atoms with van der Waals surface area (Å²) in [6.45, 7) is 4.04. The zero-order valence-electron chi connectivity index (χ0n) is 9.31. The van der Waals surface area contributed by atoms with Crippen LogP contribution in [0.2, 0.25) is 0 Å². The van der Waals surface area contributed by atoms with Crippen LogP contribution in [0, 0.1) is 5.41 Å². The van der Waals surface area contributed by atoms with Crippen molar-refractivity contribution in [1.29, 1.82) is 5.41 Å². The van der Waals surface area contributed by atoms with E-state index in [-0.39, 0.29) is 0 Å². The number of rotatable bonds is 5. The fourth-order valence-electron chi connectivity index (χ4n) is 1.03. The molecule has 0 fully saturated rings. The number of aromatic nitrogens is 1. The van der Waals surface area contributed by atoms with Gasteiger partial charge in [0.05, 0.1) is 0 Å². The highest BCUT2D eigenvalue weighted by molar-refractivity contribution is 8.78. The van der Waals surface area contributed by atoms with Crippen molar-refractivity contribution in [1.82, 2.24) is 4.98 Å². The summed E-state index contributed by atoms with van der Waals surface area (Å²) in [7, 11) is 3.32. The first-order valence-corrected chi connectivity index (χ1v) is 6.98. The Kier molecular flexibility index (Phi) is 5.96. The summed E-state index contributed by atoms with van der Waals surface area (Å²) in [6.07, 6.45) is 6.93. The van der Waals surface area contributed by atoms with Crippen LogP contribution in [-0.4, -0.2) is 11.2 Å². The SMILES string of the molecule is CC(=C/C=N)/C=C(\C)SSc1ccccn1. The molecule has 1 N–H and O–H groups in total. The highest BCUT2D eigenvalue weighted by atomic mass is 33.1. The molecule has 4 heteroatoms. The van der Waals surface area contributed by atoms with E-state index in [9.17, 15) is 0 Å². The Bertz CT molecular complexity index is 397. The molecule has 16 heavy (non-hydrogen) atoms. The Balaban J connectivity index is 2.50. The fourth-order valence-corrected chi connectivity index (χ4v) is 2.81. The molecule has 0 spiro atoms.